The van der Waals surface area contributed by atoms with Crippen LogP contribution in [0.25, 0.3) is 22.0 Å². The van der Waals surface area contributed by atoms with E-state index >= 15 is 0 Å². The van der Waals surface area contributed by atoms with Crippen molar-refractivity contribution in [3.05, 3.63) is 63.2 Å². The van der Waals surface area contributed by atoms with Crippen molar-refractivity contribution in [1.29, 1.82) is 0 Å². The van der Waals surface area contributed by atoms with Gasteiger partial charge >= 0.3 is 0 Å². The van der Waals surface area contributed by atoms with Crippen LogP contribution < -0.4 is 5.32 Å². The van der Waals surface area contributed by atoms with Crippen LogP contribution in [0.4, 0.5) is 0 Å². The number of nitrogens with one attached hydrogen (secondary N) is 1. The summed E-state index contributed by atoms with van der Waals surface area (Å²) in [6, 6.07) is 13.7. The molecule has 1 N–H and O–H groups in total. The minimum Gasteiger partial charge on any atom is -0.354 e. The Labute approximate surface area is 166 Å². The second-order valence-corrected chi connectivity index (χ2v) is 7.60. The largest absolute Gasteiger partial charge is 0.354 e. The van der Waals surface area contributed by atoms with Crippen molar-refractivity contribution in [2.75, 3.05) is 7.05 Å². The zero-order valence-electron chi connectivity index (χ0n) is 14.9. The molecule has 3 rings (SSSR count). The molecule has 0 spiro atoms. The van der Waals surface area contributed by atoms with Crippen molar-refractivity contribution in [2.24, 2.45) is 0 Å². The maximum atomic E-state index is 12.6. The molecule has 1 heterocycles. The van der Waals surface area contributed by atoms with Crippen molar-refractivity contribution in [3.63, 3.8) is 0 Å². The van der Waals surface area contributed by atoms with E-state index in [2.05, 4.69) is 41.2 Å². The van der Waals surface area contributed by atoms with Crippen LogP contribution in [0.15, 0.2) is 46.9 Å². The van der Waals surface area contributed by atoms with Crippen molar-refractivity contribution >= 4 is 44.2 Å². The molecule has 1 unspecified atom stereocenters. The van der Waals surface area contributed by atoms with Crippen LogP contribution in [-0.4, -0.2) is 17.9 Å². The third-order valence-corrected chi connectivity index (χ3v) is 5.50. The lowest BCUT2D eigenvalue weighted by Crippen LogP contribution is -2.22. The first-order chi connectivity index (χ1) is 12.5. The Balaban J connectivity index is 2.45. The lowest BCUT2D eigenvalue weighted by Gasteiger charge is -2.19. The molecule has 26 heavy (non-hydrogen) atoms. The number of rotatable bonds is 4. The highest BCUT2D eigenvalue weighted by Crippen LogP contribution is 2.38. The fourth-order valence-corrected chi connectivity index (χ4v) is 3.73. The van der Waals surface area contributed by atoms with E-state index in [-0.39, 0.29) is 11.8 Å². The van der Waals surface area contributed by atoms with E-state index in [1.807, 2.05) is 36.4 Å². The van der Waals surface area contributed by atoms with Gasteiger partial charge in [-0.25, -0.2) is 4.98 Å². The van der Waals surface area contributed by atoms with Crippen molar-refractivity contribution in [1.82, 2.24) is 10.3 Å². The van der Waals surface area contributed by atoms with E-state index in [0.717, 1.165) is 38.5 Å². The molecule has 0 radical (unpaired) electrons. The van der Waals surface area contributed by atoms with Gasteiger partial charge in [-0.3, -0.25) is 4.79 Å². The number of fused-ring (bicyclic) bond motifs is 1. The summed E-state index contributed by atoms with van der Waals surface area (Å²) in [6.45, 7) is 4.24. The fraction of sp³-hybridized carbons (Fsp3) is 0.238. The van der Waals surface area contributed by atoms with E-state index in [1.54, 1.807) is 7.05 Å². The molecule has 134 valence electrons. The van der Waals surface area contributed by atoms with Gasteiger partial charge in [0, 0.05) is 22.5 Å². The number of nitrogens with zero attached hydrogens (tertiary/aromatic N) is 1. The molecular weight excluding hydrogens is 412 g/mol. The van der Waals surface area contributed by atoms with Gasteiger partial charge in [0.05, 0.1) is 10.7 Å². The van der Waals surface area contributed by atoms with Gasteiger partial charge in [-0.15, -0.1) is 0 Å². The Morgan fingerprint density at radius 2 is 1.92 bits per heavy atom. The van der Waals surface area contributed by atoms with Crippen LogP contribution in [-0.2, 0) is 0 Å². The number of carbonyl (C=O) groups is 1. The van der Waals surface area contributed by atoms with Crippen molar-refractivity contribution in [3.8, 4) is 11.3 Å². The minimum absolute atomic E-state index is 0.182. The quantitative estimate of drug-likeness (QED) is 0.535. The van der Waals surface area contributed by atoms with Gasteiger partial charge < -0.3 is 5.32 Å². The van der Waals surface area contributed by atoms with E-state index in [4.69, 9.17) is 16.6 Å². The second-order valence-electron chi connectivity index (χ2n) is 6.28. The smallest absolute Gasteiger partial charge is 0.269 e. The average Bonchev–Trinajstić information content (AvgIpc) is 2.67. The van der Waals surface area contributed by atoms with Crippen LogP contribution in [0.5, 0.6) is 0 Å². The summed E-state index contributed by atoms with van der Waals surface area (Å²) < 4.78 is 0.912. The lowest BCUT2D eigenvalue weighted by molar-refractivity contribution is 0.0957. The highest BCUT2D eigenvalue weighted by atomic mass is 79.9. The molecule has 5 heteroatoms. The molecule has 2 aromatic carbocycles. The molecule has 0 fully saturated rings. The van der Waals surface area contributed by atoms with Crippen LogP contribution in [0.2, 0.25) is 5.02 Å². The number of carbonyl (C=O) groups excluding carboxylic acids is 1. The Hall–Kier alpha value is -1.91. The number of hydrogen-bond donors (Lipinski definition) is 1. The Morgan fingerprint density at radius 3 is 2.58 bits per heavy atom. The first-order valence-corrected chi connectivity index (χ1v) is 9.75. The van der Waals surface area contributed by atoms with Crippen LogP contribution in [0.3, 0.4) is 0 Å². The summed E-state index contributed by atoms with van der Waals surface area (Å²) in [6.07, 6.45) is 0.923. The van der Waals surface area contributed by atoms with Gasteiger partial charge in [-0.05, 0) is 41.5 Å². The van der Waals surface area contributed by atoms with Crippen molar-refractivity contribution in [2.45, 2.75) is 26.2 Å². The van der Waals surface area contributed by atoms with Crippen LogP contribution in [0.1, 0.15) is 42.2 Å². The highest BCUT2D eigenvalue weighted by Gasteiger charge is 2.23. The fourth-order valence-electron chi connectivity index (χ4n) is 3.16. The summed E-state index contributed by atoms with van der Waals surface area (Å²) in [5.74, 6) is 0.0325. The van der Waals surface area contributed by atoms with Crippen LogP contribution >= 0.6 is 27.5 Å². The van der Waals surface area contributed by atoms with Gasteiger partial charge in [0.2, 0.25) is 0 Å². The third kappa shape index (κ3) is 3.36. The number of pyridine rings is 1. The van der Waals surface area contributed by atoms with Gasteiger partial charge in [0.25, 0.3) is 5.91 Å². The Kier molecular flexibility index (Phi) is 5.64. The summed E-state index contributed by atoms with van der Waals surface area (Å²) in [5, 5.41) is 5.37. The minimum atomic E-state index is -0.182. The molecule has 3 nitrogen and oxygen atoms in total. The first kappa shape index (κ1) is 18.9. The van der Waals surface area contributed by atoms with Gasteiger partial charge in [-0.1, -0.05) is 65.6 Å². The third-order valence-electron chi connectivity index (χ3n) is 4.68. The monoisotopic (exact) mass is 430 g/mol. The Morgan fingerprint density at radius 1 is 1.23 bits per heavy atom. The summed E-state index contributed by atoms with van der Waals surface area (Å²) >= 11 is 9.97. The standard InChI is InChI=1S/C21H20BrClN2O/c1-4-12(2)18-14-7-5-6-8-15(14)19(25-20(18)21(26)24-3)16-11-13(22)9-10-17(16)23/h5-12H,4H2,1-3H3,(H,24,26). The zero-order valence-corrected chi connectivity index (χ0v) is 17.3. The summed E-state index contributed by atoms with van der Waals surface area (Å²) in [5.41, 5.74) is 2.97. The molecule has 1 atom stereocenters. The van der Waals surface area contributed by atoms with Gasteiger partial charge in [0.1, 0.15) is 5.69 Å². The van der Waals surface area contributed by atoms with Gasteiger partial charge in [-0.2, -0.15) is 0 Å². The molecule has 0 bridgehead atoms. The number of hydrogen-bond acceptors (Lipinski definition) is 2. The molecule has 0 aliphatic carbocycles. The molecular formula is C21H20BrClN2O. The summed E-state index contributed by atoms with van der Waals surface area (Å²) in [7, 11) is 1.63. The van der Waals surface area contributed by atoms with E-state index in [1.165, 1.54) is 0 Å². The number of amides is 1. The maximum Gasteiger partial charge on any atom is 0.269 e. The predicted molar refractivity (Wildman–Crippen MR) is 112 cm³/mol. The molecule has 0 saturated carbocycles. The number of aromatic nitrogens is 1. The average molecular weight is 432 g/mol. The molecule has 1 amide bonds. The Bertz CT molecular complexity index is 987. The molecule has 0 saturated heterocycles. The molecule has 3 aromatic rings. The maximum absolute atomic E-state index is 12.6. The number of benzene rings is 2. The first-order valence-electron chi connectivity index (χ1n) is 8.58. The van der Waals surface area contributed by atoms with Crippen LogP contribution in [0, 0.1) is 0 Å². The summed E-state index contributed by atoms with van der Waals surface area (Å²) in [4.78, 5) is 17.4. The predicted octanol–water partition coefficient (Wildman–Crippen LogP) is 6.19. The second kappa shape index (κ2) is 7.77. The van der Waals surface area contributed by atoms with E-state index in [0.29, 0.717) is 10.7 Å². The number of halogens is 2. The molecule has 0 aliphatic heterocycles. The van der Waals surface area contributed by atoms with E-state index in [9.17, 15) is 4.79 Å². The zero-order chi connectivity index (χ0) is 18.8. The highest BCUT2D eigenvalue weighted by molar-refractivity contribution is 9.10. The van der Waals surface area contributed by atoms with E-state index < -0.39 is 0 Å². The molecule has 0 aliphatic rings. The lowest BCUT2D eigenvalue weighted by atomic mass is 9.89. The topological polar surface area (TPSA) is 42.0 Å². The van der Waals surface area contributed by atoms with Gasteiger partial charge in [0.15, 0.2) is 0 Å². The SMILES string of the molecule is CCC(C)c1c(C(=O)NC)nc(-c2cc(Br)ccc2Cl)c2ccccc12. The van der Waals surface area contributed by atoms with Crippen molar-refractivity contribution < 1.29 is 4.79 Å². The normalized spacial score (nSPS) is 12.2. The molecule has 1 aromatic heterocycles.